The van der Waals surface area contributed by atoms with E-state index in [0.29, 0.717) is 0 Å². The van der Waals surface area contributed by atoms with Crippen LogP contribution in [0.1, 0.15) is 5.56 Å². The highest BCUT2D eigenvalue weighted by molar-refractivity contribution is 7.78. The maximum Gasteiger partial charge on any atom is 0.140 e. The lowest BCUT2D eigenvalue weighted by Gasteiger charge is -2.13. The molecule has 0 radical (unpaired) electrons. The minimum absolute atomic E-state index is 0.862. The second-order valence-electron chi connectivity index (χ2n) is 4.14. The van der Waals surface area contributed by atoms with Crippen molar-refractivity contribution in [3.63, 3.8) is 0 Å². The van der Waals surface area contributed by atoms with Crippen molar-refractivity contribution in [1.29, 1.82) is 0 Å². The van der Waals surface area contributed by atoms with E-state index in [4.69, 9.17) is 11.6 Å². The van der Waals surface area contributed by atoms with Crippen molar-refractivity contribution in [2.24, 2.45) is 0 Å². The van der Waals surface area contributed by atoms with Crippen LogP contribution in [-0.4, -0.2) is 6.66 Å². The summed E-state index contributed by atoms with van der Waals surface area (Å²) in [4.78, 5) is 0. The molecule has 0 fully saturated rings. The standard InChI is InChI=1S/C15H14ClOP/c1-18(17,14-5-3-2-4-6-14)15-9-7-13(8-10-15)11-12-16/h2-12H,1H3/b12-11+. The molecule has 2 aromatic carbocycles. The van der Waals surface area contributed by atoms with Crippen molar-refractivity contribution >= 4 is 35.4 Å². The predicted octanol–water partition coefficient (Wildman–Crippen LogP) is 3.84. The van der Waals surface area contributed by atoms with Gasteiger partial charge in [0.15, 0.2) is 0 Å². The molecule has 0 aliphatic carbocycles. The average Bonchev–Trinajstić information content (AvgIpc) is 2.41. The third-order valence-electron chi connectivity index (χ3n) is 2.89. The van der Waals surface area contributed by atoms with Gasteiger partial charge in [-0.3, -0.25) is 0 Å². The van der Waals surface area contributed by atoms with Gasteiger partial charge in [-0.15, -0.1) is 0 Å². The van der Waals surface area contributed by atoms with Gasteiger partial charge < -0.3 is 4.57 Å². The van der Waals surface area contributed by atoms with E-state index in [0.717, 1.165) is 16.2 Å². The van der Waals surface area contributed by atoms with Crippen LogP contribution in [0.15, 0.2) is 60.1 Å². The molecule has 0 amide bonds. The monoisotopic (exact) mass is 276 g/mol. The van der Waals surface area contributed by atoms with Gasteiger partial charge in [-0.1, -0.05) is 66.2 Å². The zero-order valence-electron chi connectivity index (χ0n) is 10.1. The highest BCUT2D eigenvalue weighted by Gasteiger charge is 2.20. The summed E-state index contributed by atoms with van der Waals surface area (Å²) in [5.74, 6) is 0. The first-order valence-corrected chi connectivity index (χ1v) is 8.24. The molecule has 92 valence electrons. The number of hydrogen-bond donors (Lipinski definition) is 0. The Labute approximate surface area is 112 Å². The van der Waals surface area contributed by atoms with Crippen LogP contribution >= 0.6 is 18.7 Å². The SMILES string of the molecule is CP(=O)(c1ccccc1)c1ccc(/C=C/Cl)cc1. The largest absolute Gasteiger partial charge is 0.314 e. The molecule has 2 aromatic rings. The van der Waals surface area contributed by atoms with Gasteiger partial charge in [0.25, 0.3) is 0 Å². The van der Waals surface area contributed by atoms with Gasteiger partial charge in [-0.05, 0) is 18.3 Å². The van der Waals surface area contributed by atoms with Crippen LogP contribution in [0, 0.1) is 0 Å². The summed E-state index contributed by atoms with van der Waals surface area (Å²) in [6.45, 7) is 1.80. The summed E-state index contributed by atoms with van der Waals surface area (Å²) in [5.41, 5.74) is 2.47. The number of benzene rings is 2. The molecule has 0 aliphatic rings. The van der Waals surface area contributed by atoms with Crippen LogP contribution in [0.2, 0.25) is 0 Å². The van der Waals surface area contributed by atoms with E-state index < -0.39 is 7.14 Å². The Morgan fingerprint density at radius 1 is 0.944 bits per heavy atom. The van der Waals surface area contributed by atoms with Gasteiger partial charge in [-0.25, -0.2) is 0 Å². The molecule has 0 saturated carbocycles. The van der Waals surface area contributed by atoms with Crippen molar-refractivity contribution in [2.45, 2.75) is 0 Å². The Balaban J connectivity index is 2.39. The van der Waals surface area contributed by atoms with Crippen LogP contribution in [-0.2, 0) is 4.57 Å². The van der Waals surface area contributed by atoms with Crippen LogP contribution in [0.4, 0.5) is 0 Å². The molecule has 0 aliphatic heterocycles. The molecule has 0 N–H and O–H groups in total. The minimum Gasteiger partial charge on any atom is -0.314 e. The first-order valence-electron chi connectivity index (χ1n) is 5.65. The minimum atomic E-state index is -2.49. The van der Waals surface area contributed by atoms with E-state index in [1.54, 1.807) is 12.7 Å². The number of halogens is 1. The van der Waals surface area contributed by atoms with Gasteiger partial charge in [0.05, 0.1) is 0 Å². The molecule has 2 rings (SSSR count). The molecule has 0 bridgehead atoms. The fraction of sp³-hybridized carbons (Fsp3) is 0.0667. The molecule has 0 saturated heterocycles. The maximum absolute atomic E-state index is 12.8. The molecule has 1 nitrogen and oxygen atoms in total. The molecule has 0 aromatic heterocycles. The lowest BCUT2D eigenvalue weighted by atomic mass is 10.2. The van der Waals surface area contributed by atoms with Crippen molar-refractivity contribution in [1.82, 2.24) is 0 Å². The highest BCUT2D eigenvalue weighted by Crippen LogP contribution is 2.38. The molecule has 1 unspecified atom stereocenters. The Bertz CT molecular complexity index is 588. The van der Waals surface area contributed by atoms with Crippen molar-refractivity contribution in [3.05, 3.63) is 65.7 Å². The Morgan fingerprint density at radius 3 is 2.06 bits per heavy atom. The first kappa shape index (κ1) is 13.1. The van der Waals surface area contributed by atoms with Crippen molar-refractivity contribution in [2.75, 3.05) is 6.66 Å². The van der Waals surface area contributed by atoms with Gasteiger partial charge in [0.1, 0.15) is 7.14 Å². The topological polar surface area (TPSA) is 17.1 Å². The summed E-state index contributed by atoms with van der Waals surface area (Å²) in [6.07, 6.45) is 1.80. The fourth-order valence-corrected chi connectivity index (χ4v) is 3.71. The highest BCUT2D eigenvalue weighted by atomic mass is 35.5. The van der Waals surface area contributed by atoms with Crippen LogP contribution in [0.3, 0.4) is 0 Å². The molecule has 0 spiro atoms. The average molecular weight is 277 g/mol. The van der Waals surface area contributed by atoms with E-state index in [-0.39, 0.29) is 0 Å². The smallest absolute Gasteiger partial charge is 0.140 e. The quantitative estimate of drug-likeness (QED) is 0.779. The second-order valence-corrected chi connectivity index (χ2v) is 7.28. The van der Waals surface area contributed by atoms with Crippen LogP contribution in [0.25, 0.3) is 6.08 Å². The molecule has 3 heteroatoms. The third kappa shape index (κ3) is 2.75. The van der Waals surface area contributed by atoms with Crippen LogP contribution < -0.4 is 10.6 Å². The van der Waals surface area contributed by atoms with E-state index in [1.807, 2.05) is 54.6 Å². The lowest BCUT2D eigenvalue weighted by molar-refractivity contribution is 0.590. The molecule has 0 heterocycles. The first-order chi connectivity index (χ1) is 8.64. The van der Waals surface area contributed by atoms with E-state index in [2.05, 4.69) is 0 Å². The summed E-state index contributed by atoms with van der Waals surface area (Å²) in [5, 5.41) is 1.74. The summed E-state index contributed by atoms with van der Waals surface area (Å²) >= 11 is 5.53. The normalized spacial score (nSPS) is 14.6. The Hall–Kier alpha value is -1.30. The number of rotatable bonds is 3. The summed E-state index contributed by atoms with van der Waals surface area (Å²) in [7, 11) is -2.49. The number of hydrogen-bond acceptors (Lipinski definition) is 1. The molecular weight excluding hydrogens is 263 g/mol. The summed E-state index contributed by atoms with van der Waals surface area (Å²) < 4.78 is 12.8. The Kier molecular flexibility index (Phi) is 4.06. The predicted molar refractivity (Wildman–Crippen MR) is 80.6 cm³/mol. The molecular formula is C15H14ClOP. The second kappa shape index (κ2) is 5.56. The van der Waals surface area contributed by atoms with E-state index >= 15 is 0 Å². The van der Waals surface area contributed by atoms with Gasteiger partial charge >= 0.3 is 0 Å². The van der Waals surface area contributed by atoms with E-state index in [9.17, 15) is 4.57 Å². The zero-order chi connectivity index (χ0) is 13.0. The van der Waals surface area contributed by atoms with Crippen LogP contribution in [0.5, 0.6) is 0 Å². The van der Waals surface area contributed by atoms with Crippen molar-refractivity contribution in [3.8, 4) is 0 Å². The molecule has 18 heavy (non-hydrogen) atoms. The van der Waals surface area contributed by atoms with E-state index in [1.165, 1.54) is 5.54 Å². The van der Waals surface area contributed by atoms with Gasteiger partial charge in [-0.2, -0.15) is 0 Å². The van der Waals surface area contributed by atoms with Crippen molar-refractivity contribution < 1.29 is 4.57 Å². The maximum atomic E-state index is 12.8. The molecule has 1 atom stereocenters. The van der Waals surface area contributed by atoms with Gasteiger partial charge in [0.2, 0.25) is 0 Å². The van der Waals surface area contributed by atoms with Gasteiger partial charge in [0, 0.05) is 16.1 Å². The fourth-order valence-electron chi connectivity index (χ4n) is 1.80. The Morgan fingerprint density at radius 2 is 1.50 bits per heavy atom. The summed E-state index contributed by atoms with van der Waals surface area (Å²) in [6, 6.07) is 17.2. The lowest BCUT2D eigenvalue weighted by Crippen LogP contribution is -2.14. The third-order valence-corrected chi connectivity index (χ3v) is 5.58. The zero-order valence-corrected chi connectivity index (χ0v) is 11.7.